The van der Waals surface area contributed by atoms with Crippen LogP contribution in [0.5, 0.6) is 11.5 Å². The zero-order valence-electron chi connectivity index (χ0n) is 11.9. The summed E-state index contributed by atoms with van der Waals surface area (Å²) in [7, 11) is 3.25. The minimum Gasteiger partial charge on any atom is -0.496 e. The lowest BCUT2D eigenvalue weighted by molar-refractivity contribution is 0.405. The van der Waals surface area contributed by atoms with Crippen LogP contribution in [0.4, 0.5) is 5.69 Å². The summed E-state index contributed by atoms with van der Waals surface area (Å²) in [5.74, 6) is 2.20. The monoisotopic (exact) mass is 300 g/mol. The maximum Gasteiger partial charge on any atom is 0.134 e. The van der Waals surface area contributed by atoms with Gasteiger partial charge in [-0.25, -0.2) is 0 Å². The molecule has 0 radical (unpaired) electrons. The molecule has 108 valence electrons. The van der Waals surface area contributed by atoms with Gasteiger partial charge in [-0.1, -0.05) is 0 Å². The van der Waals surface area contributed by atoms with E-state index in [1.54, 1.807) is 38.1 Å². The van der Waals surface area contributed by atoms with Crippen molar-refractivity contribution in [1.29, 1.82) is 5.26 Å². The average molecular weight is 300 g/mol. The molecule has 0 saturated carbocycles. The molecule has 0 unspecified atom stereocenters. The molecule has 0 fully saturated rings. The Kier molecular flexibility index (Phi) is 4.96. The van der Waals surface area contributed by atoms with E-state index in [2.05, 4.69) is 6.07 Å². The molecule has 0 atom stereocenters. The third-order valence-electron chi connectivity index (χ3n) is 2.98. The first-order valence-electron chi connectivity index (χ1n) is 6.31. The Labute approximate surface area is 128 Å². The number of ether oxygens (including phenoxy) is 2. The molecule has 0 aliphatic heterocycles. The Balaban J connectivity index is 2.22. The summed E-state index contributed by atoms with van der Waals surface area (Å²) in [5.41, 5.74) is 8.01. The molecule has 0 bridgehead atoms. The van der Waals surface area contributed by atoms with Crippen LogP contribution in [0.3, 0.4) is 0 Å². The van der Waals surface area contributed by atoms with Crippen LogP contribution >= 0.6 is 11.8 Å². The van der Waals surface area contributed by atoms with Crippen LogP contribution in [0.2, 0.25) is 0 Å². The second-order valence-corrected chi connectivity index (χ2v) is 5.35. The summed E-state index contributed by atoms with van der Waals surface area (Å²) in [6, 6.07) is 13.1. The van der Waals surface area contributed by atoms with Crippen molar-refractivity contribution >= 4 is 17.4 Å². The molecule has 21 heavy (non-hydrogen) atoms. The van der Waals surface area contributed by atoms with Gasteiger partial charge in [-0.15, -0.1) is 11.8 Å². The van der Waals surface area contributed by atoms with Crippen LogP contribution in [0.15, 0.2) is 41.3 Å². The summed E-state index contributed by atoms with van der Waals surface area (Å²) in [6.45, 7) is 0. The number of hydrogen-bond donors (Lipinski definition) is 1. The molecule has 5 heteroatoms. The van der Waals surface area contributed by atoms with Gasteiger partial charge in [-0.2, -0.15) is 5.26 Å². The first kappa shape index (κ1) is 15.1. The standard InChI is InChI=1S/C16H16N2O2S/c1-19-14-5-3-11(9-17)7-12(14)10-21-16-6-4-13(18)8-15(16)20-2/h3-8H,10,18H2,1-2H3. The van der Waals surface area contributed by atoms with E-state index in [1.165, 1.54) is 0 Å². The van der Waals surface area contributed by atoms with E-state index in [-0.39, 0.29) is 0 Å². The Hall–Kier alpha value is -2.32. The van der Waals surface area contributed by atoms with Crippen LogP contribution < -0.4 is 15.2 Å². The number of nitrogens with two attached hydrogens (primary N) is 1. The number of nitrogen functional groups attached to an aromatic ring is 1. The van der Waals surface area contributed by atoms with Crippen LogP contribution in [0.1, 0.15) is 11.1 Å². The highest BCUT2D eigenvalue weighted by Gasteiger charge is 2.08. The lowest BCUT2D eigenvalue weighted by Crippen LogP contribution is -1.93. The van der Waals surface area contributed by atoms with Crippen molar-refractivity contribution in [1.82, 2.24) is 0 Å². The summed E-state index contributed by atoms with van der Waals surface area (Å²) < 4.78 is 10.7. The predicted molar refractivity (Wildman–Crippen MR) is 84.7 cm³/mol. The highest BCUT2D eigenvalue weighted by atomic mass is 32.2. The number of nitrogens with zero attached hydrogens (tertiary/aromatic N) is 1. The highest BCUT2D eigenvalue weighted by Crippen LogP contribution is 2.35. The maximum absolute atomic E-state index is 8.99. The maximum atomic E-state index is 8.99. The largest absolute Gasteiger partial charge is 0.496 e. The van der Waals surface area contributed by atoms with Crippen LogP contribution in [0.25, 0.3) is 0 Å². The quantitative estimate of drug-likeness (QED) is 0.676. The second-order valence-electron chi connectivity index (χ2n) is 4.34. The van der Waals surface area contributed by atoms with Gasteiger partial charge < -0.3 is 15.2 Å². The molecule has 4 nitrogen and oxygen atoms in total. The van der Waals surface area contributed by atoms with Gasteiger partial charge in [-0.05, 0) is 30.3 Å². The van der Waals surface area contributed by atoms with E-state index < -0.39 is 0 Å². The van der Waals surface area contributed by atoms with Crippen LogP contribution in [0, 0.1) is 11.3 Å². The van der Waals surface area contributed by atoms with Crippen LogP contribution in [-0.2, 0) is 5.75 Å². The van der Waals surface area contributed by atoms with Gasteiger partial charge in [0.15, 0.2) is 0 Å². The summed E-state index contributed by atoms with van der Waals surface area (Å²) in [4.78, 5) is 0.996. The highest BCUT2D eigenvalue weighted by molar-refractivity contribution is 7.98. The molecule has 2 aromatic carbocycles. The first-order valence-corrected chi connectivity index (χ1v) is 7.30. The molecule has 2 aromatic rings. The van der Waals surface area contributed by atoms with Crippen molar-refractivity contribution in [2.75, 3.05) is 20.0 Å². The number of benzene rings is 2. The molecule has 0 heterocycles. The van der Waals surface area contributed by atoms with Crippen molar-refractivity contribution in [2.45, 2.75) is 10.6 Å². The number of thioether (sulfide) groups is 1. The summed E-state index contributed by atoms with van der Waals surface area (Å²) in [6.07, 6.45) is 0. The molecule has 0 aromatic heterocycles. The third-order valence-corrected chi connectivity index (χ3v) is 4.08. The summed E-state index contributed by atoms with van der Waals surface area (Å²) >= 11 is 1.61. The average Bonchev–Trinajstić information content (AvgIpc) is 2.53. The van der Waals surface area contributed by atoms with E-state index in [0.717, 1.165) is 22.0 Å². The van der Waals surface area contributed by atoms with E-state index in [9.17, 15) is 0 Å². The van der Waals surface area contributed by atoms with E-state index in [4.69, 9.17) is 20.5 Å². The zero-order chi connectivity index (χ0) is 15.2. The van der Waals surface area contributed by atoms with Crippen molar-refractivity contribution in [3.63, 3.8) is 0 Å². The molecular formula is C16H16N2O2S. The van der Waals surface area contributed by atoms with E-state index >= 15 is 0 Å². The third kappa shape index (κ3) is 3.61. The smallest absolute Gasteiger partial charge is 0.134 e. The fourth-order valence-corrected chi connectivity index (χ4v) is 2.91. The topological polar surface area (TPSA) is 68.3 Å². The zero-order valence-corrected chi connectivity index (χ0v) is 12.7. The second kappa shape index (κ2) is 6.91. The van der Waals surface area contributed by atoms with Gasteiger partial charge >= 0.3 is 0 Å². The lowest BCUT2D eigenvalue weighted by Gasteiger charge is -2.11. The number of anilines is 1. The van der Waals surface area contributed by atoms with Gasteiger partial charge in [0.25, 0.3) is 0 Å². The van der Waals surface area contributed by atoms with Gasteiger partial charge in [0.05, 0.1) is 25.9 Å². The molecule has 0 aliphatic carbocycles. The fraction of sp³-hybridized carbons (Fsp3) is 0.188. The number of hydrogen-bond acceptors (Lipinski definition) is 5. The lowest BCUT2D eigenvalue weighted by atomic mass is 10.1. The van der Waals surface area contributed by atoms with Gasteiger partial charge in [-0.3, -0.25) is 0 Å². The summed E-state index contributed by atoms with van der Waals surface area (Å²) in [5, 5.41) is 8.99. The van der Waals surface area contributed by atoms with Crippen molar-refractivity contribution in [3.05, 3.63) is 47.5 Å². The Morgan fingerprint density at radius 2 is 1.86 bits per heavy atom. The van der Waals surface area contributed by atoms with Crippen molar-refractivity contribution in [2.24, 2.45) is 0 Å². The normalized spacial score (nSPS) is 9.95. The number of rotatable bonds is 5. The Morgan fingerprint density at radius 1 is 1.10 bits per heavy atom. The van der Waals surface area contributed by atoms with E-state index in [0.29, 0.717) is 17.0 Å². The van der Waals surface area contributed by atoms with Crippen LogP contribution in [-0.4, -0.2) is 14.2 Å². The molecular weight excluding hydrogens is 284 g/mol. The molecule has 0 aliphatic rings. The Bertz CT molecular complexity index is 680. The van der Waals surface area contributed by atoms with Gasteiger partial charge in [0.1, 0.15) is 11.5 Å². The fourth-order valence-electron chi connectivity index (χ4n) is 1.92. The number of nitriles is 1. The van der Waals surface area contributed by atoms with Crippen molar-refractivity contribution in [3.8, 4) is 17.6 Å². The molecule has 2 N–H and O–H groups in total. The van der Waals surface area contributed by atoms with Crippen molar-refractivity contribution < 1.29 is 9.47 Å². The van der Waals surface area contributed by atoms with Gasteiger partial charge in [0, 0.05) is 28.0 Å². The Morgan fingerprint density at radius 3 is 2.52 bits per heavy atom. The minimum atomic E-state index is 0.621. The predicted octanol–water partition coefficient (Wildman–Crippen LogP) is 3.45. The van der Waals surface area contributed by atoms with Gasteiger partial charge in [0.2, 0.25) is 0 Å². The number of methoxy groups -OCH3 is 2. The molecule has 2 rings (SSSR count). The molecule has 0 spiro atoms. The van der Waals surface area contributed by atoms with E-state index in [1.807, 2.05) is 24.3 Å². The first-order chi connectivity index (χ1) is 10.2. The molecule has 0 amide bonds. The molecule has 0 saturated heterocycles. The minimum absolute atomic E-state index is 0.621. The SMILES string of the molecule is COc1ccc(C#N)cc1CSc1ccc(N)cc1OC.